The lowest BCUT2D eigenvalue weighted by atomic mass is 10.1. The van der Waals surface area contributed by atoms with Gasteiger partial charge in [-0.1, -0.05) is 13.0 Å². The molecule has 0 aromatic carbocycles. The van der Waals surface area contributed by atoms with Gasteiger partial charge in [0, 0.05) is 24.1 Å². The van der Waals surface area contributed by atoms with E-state index in [0.29, 0.717) is 12.2 Å². The third-order valence-electron chi connectivity index (χ3n) is 2.55. The largest absolute Gasteiger partial charge is 0.379 e. The summed E-state index contributed by atoms with van der Waals surface area (Å²) in [4.78, 5) is 7.82. The molecule has 0 spiro atoms. The first-order valence-corrected chi connectivity index (χ1v) is 5.58. The molecule has 0 bridgehead atoms. The molecule has 0 aliphatic heterocycles. The molecule has 0 atom stereocenters. The number of anilines is 1. The molecule has 2 heterocycles. The number of nitrogens with zero attached hydrogens (tertiary/aromatic N) is 2. The van der Waals surface area contributed by atoms with E-state index in [-0.39, 0.29) is 0 Å². The molecule has 1 N–H and O–H groups in total. The Morgan fingerprint density at radius 1 is 1.24 bits per heavy atom. The fourth-order valence-electron chi connectivity index (χ4n) is 1.65. The van der Waals surface area contributed by atoms with Crippen molar-refractivity contribution in [2.75, 3.05) is 5.32 Å². The highest BCUT2D eigenvalue weighted by molar-refractivity contribution is 5.42. The van der Waals surface area contributed by atoms with Gasteiger partial charge in [-0.05, 0) is 24.1 Å². The van der Waals surface area contributed by atoms with Gasteiger partial charge in [0.2, 0.25) is 5.95 Å². The molecule has 4 heteroatoms. The highest BCUT2D eigenvalue weighted by Gasteiger charge is 2.01. The normalized spacial score (nSPS) is 10.2. The van der Waals surface area contributed by atoms with E-state index in [9.17, 15) is 4.39 Å². The summed E-state index contributed by atoms with van der Waals surface area (Å²) in [5.41, 5.74) is 2.91. The zero-order valence-electron chi connectivity index (χ0n) is 9.65. The van der Waals surface area contributed by atoms with Gasteiger partial charge in [-0.25, -0.2) is 4.98 Å². The zero-order valence-corrected chi connectivity index (χ0v) is 9.65. The first-order chi connectivity index (χ1) is 8.29. The number of pyridine rings is 2. The average Bonchev–Trinajstić information content (AvgIpc) is 2.37. The second-order valence-corrected chi connectivity index (χ2v) is 3.68. The molecule has 3 nitrogen and oxygen atoms in total. The molecule has 0 saturated heterocycles. The molecule has 0 saturated carbocycles. The molecule has 2 aromatic heterocycles. The van der Waals surface area contributed by atoms with Crippen LogP contribution in [-0.4, -0.2) is 9.97 Å². The van der Waals surface area contributed by atoms with Crippen LogP contribution in [-0.2, 0) is 13.0 Å². The fraction of sp³-hybridized carbons (Fsp3) is 0.231. The Morgan fingerprint density at radius 2 is 2.12 bits per heavy atom. The maximum atomic E-state index is 12.9. The summed E-state index contributed by atoms with van der Waals surface area (Å²) in [6.07, 6.45) is 4.15. The van der Waals surface area contributed by atoms with Crippen LogP contribution in [0.5, 0.6) is 0 Å². The quantitative estimate of drug-likeness (QED) is 0.822. The third-order valence-corrected chi connectivity index (χ3v) is 2.55. The fourth-order valence-corrected chi connectivity index (χ4v) is 1.65. The molecule has 0 radical (unpaired) electrons. The van der Waals surface area contributed by atoms with E-state index < -0.39 is 5.95 Å². The summed E-state index contributed by atoms with van der Waals surface area (Å²) in [6.45, 7) is 2.68. The van der Waals surface area contributed by atoms with Gasteiger partial charge in [0.15, 0.2) is 0 Å². The van der Waals surface area contributed by atoms with Gasteiger partial charge in [0.1, 0.15) is 0 Å². The molecule has 0 aliphatic carbocycles. The topological polar surface area (TPSA) is 37.8 Å². The smallest absolute Gasteiger partial charge is 0.214 e. The Hall–Kier alpha value is -1.97. The number of hydrogen-bond acceptors (Lipinski definition) is 3. The molecular weight excluding hydrogens is 217 g/mol. The molecule has 0 unspecified atom stereocenters. The van der Waals surface area contributed by atoms with Gasteiger partial charge in [0.05, 0.1) is 12.2 Å². The minimum Gasteiger partial charge on any atom is -0.379 e. The van der Waals surface area contributed by atoms with Crippen LogP contribution in [0.25, 0.3) is 0 Å². The summed E-state index contributed by atoms with van der Waals surface area (Å²) in [5.74, 6) is -0.480. The van der Waals surface area contributed by atoms with Crippen molar-refractivity contribution < 1.29 is 4.39 Å². The van der Waals surface area contributed by atoms with Crippen molar-refractivity contribution in [2.45, 2.75) is 19.9 Å². The van der Waals surface area contributed by atoms with Crippen molar-refractivity contribution in [1.82, 2.24) is 9.97 Å². The number of aromatic nitrogens is 2. The molecule has 17 heavy (non-hydrogen) atoms. The summed E-state index contributed by atoms with van der Waals surface area (Å²) in [5, 5.41) is 3.13. The Labute approximate surface area is 99.7 Å². The summed E-state index contributed by atoms with van der Waals surface area (Å²) in [6, 6.07) is 7.08. The van der Waals surface area contributed by atoms with Crippen LogP contribution in [0.1, 0.15) is 18.2 Å². The van der Waals surface area contributed by atoms with E-state index in [1.165, 1.54) is 17.8 Å². The highest BCUT2D eigenvalue weighted by atomic mass is 19.1. The van der Waals surface area contributed by atoms with Gasteiger partial charge in [-0.2, -0.15) is 4.39 Å². The van der Waals surface area contributed by atoms with Crippen LogP contribution in [0.3, 0.4) is 0 Å². The number of rotatable bonds is 4. The molecule has 2 rings (SSSR count). The first-order valence-electron chi connectivity index (χ1n) is 5.58. The minimum atomic E-state index is -0.480. The van der Waals surface area contributed by atoms with Crippen LogP contribution in [0, 0.1) is 5.95 Å². The Morgan fingerprint density at radius 3 is 2.88 bits per heavy atom. The lowest BCUT2D eigenvalue weighted by Gasteiger charge is -2.08. The van der Waals surface area contributed by atoms with E-state index in [4.69, 9.17) is 0 Å². The monoisotopic (exact) mass is 231 g/mol. The first kappa shape index (κ1) is 11.5. The standard InChI is InChI=1S/C13H14FN3/c1-2-10-4-3-6-15-12(10)9-17-11-5-7-16-13(14)8-11/h3-8H,2,9H2,1H3,(H,16,17). The Kier molecular flexibility index (Phi) is 3.65. The van der Waals surface area contributed by atoms with Crippen molar-refractivity contribution in [2.24, 2.45) is 0 Å². The van der Waals surface area contributed by atoms with Crippen molar-refractivity contribution in [3.8, 4) is 0 Å². The predicted molar refractivity (Wildman–Crippen MR) is 65.1 cm³/mol. The molecule has 0 fully saturated rings. The van der Waals surface area contributed by atoms with Gasteiger partial charge in [-0.3, -0.25) is 4.98 Å². The summed E-state index contributed by atoms with van der Waals surface area (Å²) < 4.78 is 12.9. The lowest BCUT2D eigenvalue weighted by molar-refractivity contribution is 0.584. The number of nitrogens with one attached hydrogen (secondary N) is 1. The lowest BCUT2D eigenvalue weighted by Crippen LogP contribution is -2.05. The third kappa shape index (κ3) is 3.00. The van der Waals surface area contributed by atoms with Crippen molar-refractivity contribution >= 4 is 5.69 Å². The average molecular weight is 231 g/mol. The maximum absolute atomic E-state index is 12.9. The van der Waals surface area contributed by atoms with E-state index >= 15 is 0 Å². The number of halogens is 1. The molecule has 2 aromatic rings. The van der Waals surface area contributed by atoms with Gasteiger partial charge in [0.25, 0.3) is 0 Å². The van der Waals surface area contributed by atoms with E-state index in [0.717, 1.165) is 12.1 Å². The minimum absolute atomic E-state index is 0.480. The zero-order chi connectivity index (χ0) is 12.1. The maximum Gasteiger partial charge on any atom is 0.214 e. The predicted octanol–water partition coefficient (Wildman–Crippen LogP) is 2.79. The second-order valence-electron chi connectivity index (χ2n) is 3.68. The van der Waals surface area contributed by atoms with E-state index in [1.807, 2.05) is 6.07 Å². The highest BCUT2D eigenvalue weighted by Crippen LogP contribution is 2.11. The molecule has 0 aliphatic rings. The van der Waals surface area contributed by atoms with Gasteiger partial charge < -0.3 is 5.32 Å². The SMILES string of the molecule is CCc1cccnc1CNc1ccnc(F)c1. The van der Waals surface area contributed by atoms with Crippen molar-refractivity contribution in [3.05, 3.63) is 53.9 Å². The molecule has 88 valence electrons. The summed E-state index contributed by atoms with van der Waals surface area (Å²) in [7, 11) is 0. The molecule has 0 amide bonds. The van der Waals surface area contributed by atoms with Gasteiger partial charge in [-0.15, -0.1) is 0 Å². The van der Waals surface area contributed by atoms with Gasteiger partial charge >= 0.3 is 0 Å². The number of hydrogen-bond donors (Lipinski definition) is 1. The van der Waals surface area contributed by atoms with E-state index in [2.05, 4.69) is 28.3 Å². The van der Waals surface area contributed by atoms with Crippen LogP contribution in [0.4, 0.5) is 10.1 Å². The second kappa shape index (κ2) is 5.39. The van der Waals surface area contributed by atoms with Crippen LogP contribution in [0.2, 0.25) is 0 Å². The van der Waals surface area contributed by atoms with Crippen LogP contribution in [0.15, 0.2) is 36.7 Å². The Balaban J connectivity index is 2.07. The Bertz CT molecular complexity index is 500. The van der Waals surface area contributed by atoms with Crippen molar-refractivity contribution in [3.63, 3.8) is 0 Å². The van der Waals surface area contributed by atoms with Crippen LogP contribution >= 0.6 is 0 Å². The summed E-state index contributed by atoms with van der Waals surface area (Å²) >= 11 is 0. The van der Waals surface area contributed by atoms with E-state index in [1.54, 1.807) is 12.3 Å². The number of aryl methyl sites for hydroxylation is 1. The van der Waals surface area contributed by atoms with Crippen LogP contribution < -0.4 is 5.32 Å². The molecular formula is C13H14FN3. The van der Waals surface area contributed by atoms with Crippen molar-refractivity contribution in [1.29, 1.82) is 0 Å².